The normalized spacial score (nSPS) is 25.3. The molecule has 3 nitrogen and oxygen atoms in total. The number of likely N-dealkylation sites (tertiary alicyclic amines) is 1. The van der Waals surface area contributed by atoms with E-state index < -0.39 is 6.04 Å². The summed E-state index contributed by atoms with van der Waals surface area (Å²) < 4.78 is 0. The van der Waals surface area contributed by atoms with Gasteiger partial charge >= 0.3 is 0 Å². The van der Waals surface area contributed by atoms with Crippen molar-refractivity contribution < 1.29 is 4.79 Å². The lowest BCUT2D eigenvalue weighted by atomic mass is 9.91. The monoisotopic (exact) mass is 251 g/mol. The summed E-state index contributed by atoms with van der Waals surface area (Å²) in [6, 6.07) is -0.485. The molecule has 18 heavy (non-hydrogen) atoms. The van der Waals surface area contributed by atoms with E-state index in [-0.39, 0.29) is 5.91 Å². The van der Waals surface area contributed by atoms with Crippen molar-refractivity contribution >= 4 is 5.91 Å². The maximum absolute atomic E-state index is 12.4. The van der Waals surface area contributed by atoms with Crippen molar-refractivity contribution in [2.75, 3.05) is 13.1 Å². The highest BCUT2D eigenvalue weighted by Crippen LogP contribution is 2.26. The minimum Gasteiger partial charge on any atom is -0.341 e. The molecule has 0 bridgehead atoms. The second-order valence-electron chi connectivity index (χ2n) is 5.97. The van der Waals surface area contributed by atoms with Crippen LogP contribution in [0.4, 0.5) is 0 Å². The van der Waals surface area contributed by atoms with Gasteiger partial charge in [0.1, 0.15) is 6.04 Å². The van der Waals surface area contributed by atoms with Crippen LogP contribution in [-0.2, 0) is 4.79 Å². The Bertz CT molecular complexity index is 251. The molecule has 1 saturated carbocycles. The summed E-state index contributed by atoms with van der Waals surface area (Å²) in [4.78, 5) is 14.4. The Labute approximate surface area is 111 Å². The van der Waals surface area contributed by atoms with Crippen LogP contribution in [0, 0.1) is 5.92 Å². The number of carbonyl (C=O) groups is 1. The maximum atomic E-state index is 12.4. The Hall–Kier alpha value is -0.570. The van der Waals surface area contributed by atoms with Crippen LogP contribution in [0.15, 0.2) is 0 Å². The smallest absolute Gasteiger partial charge is 0.241 e. The lowest BCUT2D eigenvalue weighted by Gasteiger charge is -2.27. The van der Waals surface area contributed by atoms with Crippen molar-refractivity contribution in [3.63, 3.8) is 0 Å². The first-order valence-electron chi connectivity index (χ1n) is 7.79. The minimum atomic E-state index is -0.485. The van der Waals surface area contributed by atoms with Gasteiger partial charge < -0.3 is 4.90 Å². The van der Waals surface area contributed by atoms with E-state index in [9.17, 15) is 4.79 Å². The van der Waals surface area contributed by atoms with Gasteiger partial charge in [0.05, 0.1) is 0 Å². The topological polar surface area (TPSA) is 44.1 Å². The zero-order valence-corrected chi connectivity index (χ0v) is 11.5. The number of carbonyl (C=O) groups excluding carboxylic acids is 1. The molecular weight excluding hydrogens is 224 g/mol. The van der Waals surface area contributed by atoms with Gasteiger partial charge in [0, 0.05) is 13.1 Å². The van der Waals surface area contributed by atoms with Crippen LogP contribution in [0.25, 0.3) is 0 Å². The molecule has 2 fully saturated rings. The molecule has 0 spiro atoms. The van der Waals surface area contributed by atoms with E-state index >= 15 is 0 Å². The average Bonchev–Trinajstić information content (AvgIpc) is 2.81. The van der Waals surface area contributed by atoms with Crippen molar-refractivity contribution in [2.24, 2.45) is 5.92 Å². The molecule has 1 amide bonds. The average molecular weight is 251 g/mol. The molecule has 2 aliphatic rings. The lowest BCUT2D eigenvalue weighted by Crippen LogP contribution is -2.44. The summed E-state index contributed by atoms with van der Waals surface area (Å²) in [6.07, 6.45) is 11.9. The van der Waals surface area contributed by atoms with E-state index in [0.29, 0.717) is 5.92 Å². The molecule has 0 aromatic heterocycles. The first-order valence-corrected chi connectivity index (χ1v) is 7.79. The summed E-state index contributed by atoms with van der Waals surface area (Å²) >= 11 is 0. The number of hydrogen-bond acceptors (Lipinski definition) is 1. The van der Waals surface area contributed by atoms with Gasteiger partial charge in [-0.3, -0.25) is 4.79 Å². The fraction of sp³-hybridized carbons (Fsp3) is 0.933. The Morgan fingerprint density at radius 2 is 1.39 bits per heavy atom. The van der Waals surface area contributed by atoms with Crippen LogP contribution in [0.3, 0.4) is 0 Å². The largest absolute Gasteiger partial charge is 0.341 e. The van der Waals surface area contributed by atoms with Gasteiger partial charge in [0.25, 0.3) is 0 Å². The van der Waals surface area contributed by atoms with Gasteiger partial charge in [-0.05, 0) is 31.6 Å². The molecule has 1 saturated heterocycles. The van der Waals surface area contributed by atoms with Crippen LogP contribution in [0.5, 0.6) is 0 Å². The highest BCUT2D eigenvalue weighted by molar-refractivity contribution is 5.81. The standard InChI is InChI=1S/C15H27N2O/c16-14(13-9-5-1-2-6-10-13)15(18)17-11-7-3-4-8-12-17/h13-14,16H,1-12H2. The number of rotatable bonds is 2. The van der Waals surface area contributed by atoms with Crippen molar-refractivity contribution in [3.8, 4) is 0 Å². The summed E-state index contributed by atoms with van der Waals surface area (Å²) in [5.41, 5.74) is 8.29. The van der Waals surface area contributed by atoms with Gasteiger partial charge in [-0.1, -0.05) is 38.5 Å². The molecule has 0 aromatic rings. The minimum absolute atomic E-state index is 0.115. The van der Waals surface area contributed by atoms with E-state index in [1.165, 1.54) is 38.5 Å². The highest BCUT2D eigenvalue weighted by Gasteiger charge is 2.29. The van der Waals surface area contributed by atoms with Crippen LogP contribution < -0.4 is 5.73 Å². The second-order valence-corrected chi connectivity index (χ2v) is 5.97. The first-order chi connectivity index (χ1) is 8.79. The Morgan fingerprint density at radius 1 is 0.889 bits per heavy atom. The molecule has 1 N–H and O–H groups in total. The third-order valence-electron chi connectivity index (χ3n) is 4.56. The van der Waals surface area contributed by atoms with Gasteiger partial charge in [-0.25, -0.2) is 5.73 Å². The van der Waals surface area contributed by atoms with E-state index in [0.717, 1.165) is 38.8 Å². The summed E-state index contributed by atoms with van der Waals surface area (Å²) in [5.74, 6) is 0.437. The van der Waals surface area contributed by atoms with Crippen LogP contribution in [-0.4, -0.2) is 29.9 Å². The Morgan fingerprint density at radius 3 is 1.94 bits per heavy atom. The lowest BCUT2D eigenvalue weighted by molar-refractivity contribution is -0.134. The fourth-order valence-corrected chi connectivity index (χ4v) is 3.33. The van der Waals surface area contributed by atoms with Gasteiger partial charge in [0.15, 0.2) is 0 Å². The number of nitrogens with one attached hydrogen (secondary N) is 1. The number of hydrogen-bond donors (Lipinski definition) is 0. The van der Waals surface area contributed by atoms with Gasteiger partial charge in [-0.15, -0.1) is 0 Å². The van der Waals surface area contributed by atoms with E-state index in [1.54, 1.807) is 0 Å². The van der Waals surface area contributed by atoms with E-state index in [4.69, 9.17) is 5.73 Å². The molecule has 1 aliphatic carbocycles. The molecule has 0 aromatic carbocycles. The zero-order valence-electron chi connectivity index (χ0n) is 11.5. The quantitative estimate of drug-likeness (QED) is 0.696. The molecule has 2 rings (SSSR count). The molecular formula is C15H27N2O. The third-order valence-corrected chi connectivity index (χ3v) is 4.56. The SMILES string of the molecule is [NH]C(C(=O)N1CCCCCC1)C1CCCCCC1. The molecule has 1 heterocycles. The van der Waals surface area contributed by atoms with Crippen molar-refractivity contribution in [2.45, 2.75) is 70.3 Å². The summed E-state index contributed by atoms with van der Waals surface area (Å²) in [5, 5.41) is 0. The number of nitrogens with zero attached hydrogens (tertiary/aromatic N) is 1. The van der Waals surface area contributed by atoms with Crippen LogP contribution in [0.2, 0.25) is 0 Å². The number of amides is 1. The molecule has 1 atom stereocenters. The highest BCUT2D eigenvalue weighted by atomic mass is 16.2. The van der Waals surface area contributed by atoms with Crippen LogP contribution in [0.1, 0.15) is 64.2 Å². The van der Waals surface area contributed by atoms with E-state index in [2.05, 4.69) is 0 Å². The molecule has 1 unspecified atom stereocenters. The predicted octanol–water partition coefficient (Wildman–Crippen LogP) is 3.01. The fourth-order valence-electron chi connectivity index (χ4n) is 3.33. The predicted molar refractivity (Wildman–Crippen MR) is 73.1 cm³/mol. The molecule has 103 valence electrons. The van der Waals surface area contributed by atoms with Gasteiger partial charge in [-0.2, -0.15) is 0 Å². The maximum Gasteiger partial charge on any atom is 0.241 e. The Kier molecular flexibility index (Phi) is 5.48. The van der Waals surface area contributed by atoms with Crippen LogP contribution >= 0.6 is 0 Å². The zero-order chi connectivity index (χ0) is 12.8. The summed E-state index contributed by atoms with van der Waals surface area (Å²) in [6.45, 7) is 1.78. The van der Waals surface area contributed by atoms with E-state index in [1.807, 2.05) is 4.90 Å². The Balaban J connectivity index is 1.89. The van der Waals surface area contributed by atoms with Gasteiger partial charge in [0.2, 0.25) is 5.91 Å². The second kappa shape index (κ2) is 7.13. The van der Waals surface area contributed by atoms with Crippen molar-refractivity contribution in [3.05, 3.63) is 0 Å². The van der Waals surface area contributed by atoms with Crippen molar-refractivity contribution in [1.29, 1.82) is 0 Å². The summed E-state index contributed by atoms with van der Waals surface area (Å²) in [7, 11) is 0. The first kappa shape index (κ1) is 13.9. The van der Waals surface area contributed by atoms with Crippen molar-refractivity contribution in [1.82, 2.24) is 10.6 Å². The third kappa shape index (κ3) is 3.71. The molecule has 1 aliphatic heterocycles. The molecule has 3 heteroatoms. The molecule has 1 radical (unpaired) electrons.